The summed E-state index contributed by atoms with van der Waals surface area (Å²) < 4.78 is 5.48. The second kappa shape index (κ2) is 5.67. The molecule has 2 N–H and O–H groups in total. The van der Waals surface area contributed by atoms with E-state index >= 15 is 0 Å². The van der Waals surface area contributed by atoms with E-state index in [1.54, 1.807) is 24.3 Å². The SMILES string of the molecule is CCC(=O)c1ccc(Oc2cc(Cl)nc(N)n2)cc1. The molecule has 0 unspecified atom stereocenters. The van der Waals surface area contributed by atoms with Gasteiger partial charge in [-0.25, -0.2) is 4.98 Å². The lowest BCUT2D eigenvalue weighted by Crippen LogP contribution is -1.98. The van der Waals surface area contributed by atoms with Crippen molar-refractivity contribution in [2.45, 2.75) is 13.3 Å². The lowest BCUT2D eigenvalue weighted by molar-refractivity contribution is 0.0988. The molecule has 2 rings (SSSR count). The molecule has 0 amide bonds. The summed E-state index contributed by atoms with van der Waals surface area (Å²) in [6, 6.07) is 8.24. The standard InChI is InChI=1S/C13H12ClN3O2/c1-2-10(18)8-3-5-9(6-4-8)19-12-7-11(14)16-13(15)17-12/h3-7H,2H2,1H3,(H2,15,16,17). The average molecular weight is 278 g/mol. The Morgan fingerprint density at radius 1 is 1.32 bits per heavy atom. The number of aromatic nitrogens is 2. The van der Waals surface area contributed by atoms with Crippen LogP contribution < -0.4 is 10.5 Å². The predicted molar refractivity (Wildman–Crippen MR) is 72.6 cm³/mol. The molecule has 0 aliphatic carbocycles. The molecule has 6 heteroatoms. The van der Waals surface area contributed by atoms with Crippen LogP contribution in [0.5, 0.6) is 11.6 Å². The molecule has 0 aliphatic heterocycles. The Balaban J connectivity index is 2.17. The van der Waals surface area contributed by atoms with Crippen LogP contribution >= 0.6 is 11.6 Å². The van der Waals surface area contributed by atoms with Gasteiger partial charge in [0.15, 0.2) is 5.78 Å². The summed E-state index contributed by atoms with van der Waals surface area (Å²) in [4.78, 5) is 19.1. The normalized spacial score (nSPS) is 10.2. The zero-order valence-electron chi connectivity index (χ0n) is 10.3. The highest BCUT2D eigenvalue weighted by Crippen LogP contribution is 2.22. The Labute approximate surface area is 115 Å². The number of nitrogen functional groups attached to an aromatic ring is 1. The molecule has 0 saturated heterocycles. The van der Waals surface area contributed by atoms with Gasteiger partial charge in [0.25, 0.3) is 0 Å². The molecule has 5 nitrogen and oxygen atoms in total. The largest absolute Gasteiger partial charge is 0.439 e. The third-order valence-corrected chi connectivity index (χ3v) is 2.60. The van der Waals surface area contributed by atoms with Crippen molar-refractivity contribution in [3.8, 4) is 11.6 Å². The number of hydrogen-bond acceptors (Lipinski definition) is 5. The number of hydrogen-bond donors (Lipinski definition) is 1. The Bertz CT molecular complexity index is 579. The fourth-order valence-corrected chi connectivity index (χ4v) is 1.68. The molecule has 0 atom stereocenters. The van der Waals surface area contributed by atoms with Gasteiger partial charge in [-0.05, 0) is 24.3 Å². The number of carbonyl (C=O) groups is 1. The first kappa shape index (κ1) is 13.3. The molecular weight excluding hydrogens is 266 g/mol. The summed E-state index contributed by atoms with van der Waals surface area (Å²) in [5.74, 6) is 0.926. The van der Waals surface area contributed by atoms with Crippen molar-refractivity contribution in [1.82, 2.24) is 9.97 Å². The number of nitrogens with two attached hydrogens (primary N) is 1. The van der Waals surface area contributed by atoms with Gasteiger partial charge in [0.2, 0.25) is 11.8 Å². The average Bonchev–Trinajstić information content (AvgIpc) is 2.37. The van der Waals surface area contributed by atoms with Gasteiger partial charge in [0.05, 0.1) is 0 Å². The number of Topliss-reactive ketones (excluding diaryl/α,β-unsaturated/α-hetero) is 1. The zero-order chi connectivity index (χ0) is 13.8. The maximum absolute atomic E-state index is 11.5. The van der Waals surface area contributed by atoms with Crippen molar-refractivity contribution in [3.63, 3.8) is 0 Å². The van der Waals surface area contributed by atoms with Crippen molar-refractivity contribution in [2.24, 2.45) is 0 Å². The van der Waals surface area contributed by atoms with Crippen LogP contribution in [0, 0.1) is 0 Å². The molecular formula is C13H12ClN3O2. The van der Waals surface area contributed by atoms with Crippen LogP contribution in [-0.2, 0) is 0 Å². The number of halogens is 1. The summed E-state index contributed by atoms with van der Waals surface area (Å²) >= 11 is 5.75. The Hall–Kier alpha value is -2.14. The maximum Gasteiger partial charge on any atom is 0.225 e. The van der Waals surface area contributed by atoms with Crippen LogP contribution in [0.4, 0.5) is 5.95 Å². The molecule has 0 bridgehead atoms. The van der Waals surface area contributed by atoms with Gasteiger partial charge >= 0.3 is 0 Å². The number of ether oxygens (including phenoxy) is 1. The Morgan fingerprint density at radius 3 is 2.58 bits per heavy atom. The van der Waals surface area contributed by atoms with Crippen molar-refractivity contribution < 1.29 is 9.53 Å². The maximum atomic E-state index is 11.5. The zero-order valence-corrected chi connectivity index (χ0v) is 11.0. The second-order valence-electron chi connectivity index (χ2n) is 3.79. The lowest BCUT2D eigenvalue weighted by Gasteiger charge is -2.06. The van der Waals surface area contributed by atoms with Crippen molar-refractivity contribution in [3.05, 3.63) is 41.0 Å². The van der Waals surface area contributed by atoms with Gasteiger partial charge in [-0.2, -0.15) is 4.98 Å². The summed E-state index contributed by atoms with van der Waals surface area (Å²) in [7, 11) is 0. The van der Waals surface area contributed by atoms with Gasteiger partial charge < -0.3 is 10.5 Å². The van der Waals surface area contributed by atoms with E-state index in [2.05, 4.69) is 9.97 Å². The van der Waals surface area contributed by atoms with E-state index in [0.717, 1.165) is 0 Å². The first-order chi connectivity index (χ1) is 9.08. The molecule has 19 heavy (non-hydrogen) atoms. The minimum absolute atomic E-state index is 0.0419. The van der Waals surface area contributed by atoms with Crippen LogP contribution in [-0.4, -0.2) is 15.8 Å². The number of rotatable bonds is 4. The highest BCUT2D eigenvalue weighted by Gasteiger charge is 2.05. The monoisotopic (exact) mass is 277 g/mol. The topological polar surface area (TPSA) is 78.1 Å². The molecule has 1 aromatic heterocycles. The van der Waals surface area contributed by atoms with Gasteiger partial charge in [-0.15, -0.1) is 0 Å². The third kappa shape index (κ3) is 3.42. The quantitative estimate of drug-likeness (QED) is 0.686. The number of nitrogens with zero attached hydrogens (tertiary/aromatic N) is 2. The molecule has 0 aliphatic rings. The van der Waals surface area contributed by atoms with Gasteiger partial charge in [0.1, 0.15) is 10.9 Å². The van der Waals surface area contributed by atoms with E-state index in [1.165, 1.54) is 6.07 Å². The van der Waals surface area contributed by atoms with E-state index in [4.69, 9.17) is 22.1 Å². The van der Waals surface area contributed by atoms with Crippen LogP contribution in [0.15, 0.2) is 30.3 Å². The fourth-order valence-electron chi connectivity index (χ4n) is 1.50. The second-order valence-corrected chi connectivity index (χ2v) is 4.18. The number of carbonyl (C=O) groups excluding carboxylic acids is 1. The summed E-state index contributed by atoms with van der Waals surface area (Å²) in [5.41, 5.74) is 6.11. The molecule has 0 fully saturated rings. The highest BCUT2D eigenvalue weighted by atomic mass is 35.5. The predicted octanol–water partition coefficient (Wildman–Crippen LogP) is 3.10. The third-order valence-electron chi connectivity index (χ3n) is 2.41. The molecule has 0 saturated carbocycles. The van der Waals surface area contributed by atoms with E-state index in [0.29, 0.717) is 17.7 Å². The van der Waals surface area contributed by atoms with Gasteiger partial charge in [-0.1, -0.05) is 18.5 Å². The first-order valence-corrected chi connectivity index (χ1v) is 6.07. The molecule has 0 radical (unpaired) electrons. The van der Waals surface area contributed by atoms with Crippen LogP contribution in [0.1, 0.15) is 23.7 Å². The smallest absolute Gasteiger partial charge is 0.225 e. The van der Waals surface area contributed by atoms with Gasteiger partial charge in [-0.3, -0.25) is 4.79 Å². The minimum Gasteiger partial charge on any atom is -0.439 e. The molecule has 1 aromatic carbocycles. The first-order valence-electron chi connectivity index (χ1n) is 5.69. The Morgan fingerprint density at radius 2 is 2.00 bits per heavy atom. The van der Waals surface area contributed by atoms with E-state index in [-0.39, 0.29) is 22.8 Å². The van der Waals surface area contributed by atoms with Crippen LogP contribution in [0.2, 0.25) is 5.15 Å². The van der Waals surface area contributed by atoms with Crippen LogP contribution in [0.25, 0.3) is 0 Å². The number of benzene rings is 1. The minimum atomic E-state index is 0.0419. The fraction of sp³-hybridized carbons (Fsp3) is 0.154. The van der Waals surface area contributed by atoms with Crippen molar-refractivity contribution in [1.29, 1.82) is 0 Å². The Kier molecular flexibility index (Phi) is 3.97. The number of anilines is 1. The molecule has 98 valence electrons. The highest BCUT2D eigenvalue weighted by molar-refractivity contribution is 6.29. The van der Waals surface area contributed by atoms with E-state index in [9.17, 15) is 4.79 Å². The lowest BCUT2D eigenvalue weighted by atomic mass is 10.1. The van der Waals surface area contributed by atoms with E-state index < -0.39 is 0 Å². The molecule has 2 aromatic rings. The summed E-state index contributed by atoms with van der Waals surface area (Å²) in [5, 5.41) is 0.209. The molecule has 0 spiro atoms. The van der Waals surface area contributed by atoms with E-state index in [1.807, 2.05) is 6.92 Å². The summed E-state index contributed by atoms with van der Waals surface area (Å²) in [6.45, 7) is 1.82. The van der Waals surface area contributed by atoms with Crippen LogP contribution in [0.3, 0.4) is 0 Å². The molecule has 1 heterocycles. The summed E-state index contributed by atoms with van der Waals surface area (Å²) in [6.07, 6.45) is 0.470. The number of ketones is 1. The van der Waals surface area contributed by atoms with Gasteiger partial charge in [0, 0.05) is 18.1 Å². The van der Waals surface area contributed by atoms with Crippen molar-refractivity contribution in [2.75, 3.05) is 5.73 Å². The van der Waals surface area contributed by atoms with Crippen molar-refractivity contribution >= 4 is 23.3 Å².